The van der Waals surface area contributed by atoms with Crippen molar-refractivity contribution < 1.29 is 23.1 Å². The van der Waals surface area contributed by atoms with Crippen molar-refractivity contribution in [3.05, 3.63) is 70.2 Å². The van der Waals surface area contributed by atoms with E-state index in [2.05, 4.69) is 0 Å². The molecule has 0 aromatic heterocycles. The quantitative estimate of drug-likeness (QED) is 0.766. The minimum atomic E-state index is -4.49. The van der Waals surface area contributed by atoms with Gasteiger partial charge in [-0.3, -0.25) is 9.69 Å². The largest absolute Gasteiger partial charge is 0.481 e. The normalized spacial score (nSPS) is 17.6. The fourth-order valence-electron chi connectivity index (χ4n) is 3.66. The van der Waals surface area contributed by atoms with Crippen LogP contribution in [0.2, 0.25) is 5.02 Å². The van der Waals surface area contributed by atoms with Crippen molar-refractivity contribution in [3.63, 3.8) is 0 Å². The van der Waals surface area contributed by atoms with Crippen molar-refractivity contribution in [1.29, 1.82) is 0 Å². The van der Waals surface area contributed by atoms with Crippen molar-refractivity contribution >= 4 is 17.6 Å². The van der Waals surface area contributed by atoms with Crippen LogP contribution >= 0.6 is 11.6 Å². The Kier molecular flexibility index (Phi) is 5.77. The number of piperidine rings is 1. The number of halogens is 4. The predicted molar refractivity (Wildman–Crippen MR) is 96.7 cm³/mol. The number of alkyl halides is 3. The van der Waals surface area contributed by atoms with Crippen molar-refractivity contribution in [2.75, 3.05) is 13.1 Å². The second kappa shape index (κ2) is 7.90. The average molecular weight is 398 g/mol. The number of carboxylic acid groups (broad SMARTS) is 1. The average Bonchev–Trinajstić information content (AvgIpc) is 2.63. The first-order valence-electron chi connectivity index (χ1n) is 8.66. The zero-order valence-corrected chi connectivity index (χ0v) is 15.2. The van der Waals surface area contributed by atoms with Gasteiger partial charge in [-0.2, -0.15) is 13.2 Å². The summed E-state index contributed by atoms with van der Waals surface area (Å²) in [6, 6.07) is 11.7. The molecule has 1 unspecified atom stereocenters. The van der Waals surface area contributed by atoms with E-state index in [0.29, 0.717) is 36.5 Å². The SMILES string of the molecule is O=C(O)C1CCN(C(c2ccccc2Cl)c2ccccc2C(F)(F)F)CC1. The molecule has 144 valence electrons. The van der Waals surface area contributed by atoms with Crippen LogP contribution in [-0.4, -0.2) is 29.1 Å². The molecule has 1 N–H and O–H groups in total. The van der Waals surface area contributed by atoms with Crippen LogP contribution in [0.3, 0.4) is 0 Å². The molecule has 0 saturated carbocycles. The van der Waals surface area contributed by atoms with Crippen LogP contribution in [0.1, 0.15) is 35.6 Å². The van der Waals surface area contributed by atoms with Gasteiger partial charge in [0.05, 0.1) is 17.5 Å². The molecule has 1 aliphatic heterocycles. The minimum Gasteiger partial charge on any atom is -0.481 e. The van der Waals surface area contributed by atoms with Crippen molar-refractivity contribution in [1.82, 2.24) is 4.90 Å². The zero-order chi connectivity index (χ0) is 19.6. The first-order valence-corrected chi connectivity index (χ1v) is 9.04. The molecule has 1 aliphatic rings. The fourth-order valence-corrected chi connectivity index (χ4v) is 3.90. The summed E-state index contributed by atoms with van der Waals surface area (Å²) in [5.74, 6) is -1.33. The van der Waals surface area contributed by atoms with Crippen LogP contribution in [0, 0.1) is 5.92 Å². The molecule has 27 heavy (non-hydrogen) atoms. The first-order chi connectivity index (χ1) is 12.8. The van der Waals surface area contributed by atoms with Crippen LogP contribution in [0.25, 0.3) is 0 Å². The number of benzene rings is 2. The summed E-state index contributed by atoms with van der Waals surface area (Å²) < 4.78 is 40.9. The number of rotatable bonds is 4. The van der Waals surface area contributed by atoms with Gasteiger partial charge in [0, 0.05) is 5.02 Å². The van der Waals surface area contributed by atoms with Crippen molar-refractivity contribution in [2.45, 2.75) is 25.1 Å². The fraction of sp³-hybridized carbons (Fsp3) is 0.350. The highest BCUT2D eigenvalue weighted by molar-refractivity contribution is 6.31. The Hall–Kier alpha value is -2.05. The molecule has 1 heterocycles. The number of nitrogens with zero attached hydrogens (tertiary/aromatic N) is 1. The van der Waals surface area contributed by atoms with E-state index >= 15 is 0 Å². The van der Waals surface area contributed by atoms with E-state index in [1.165, 1.54) is 12.1 Å². The van der Waals surface area contributed by atoms with Gasteiger partial charge in [0.2, 0.25) is 0 Å². The molecule has 1 fully saturated rings. The monoisotopic (exact) mass is 397 g/mol. The van der Waals surface area contributed by atoms with E-state index in [9.17, 15) is 23.1 Å². The highest BCUT2D eigenvalue weighted by Gasteiger charge is 2.38. The Morgan fingerprint density at radius 1 is 1.04 bits per heavy atom. The van der Waals surface area contributed by atoms with Gasteiger partial charge in [-0.25, -0.2) is 0 Å². The molecule has 2 aromatic carbocycles. The van der Waals surface area contributed by atoms with Crippen LogP contribution in [0.5, 0.6) is 0 Å². The van der Waals surface area contributed by atoms with Crippen molar-refractivity contribution in [2.24, 2.45) is 5.92 Å². The van der Waals surface area contributed by atoms with Gasteiger partial charge < -0.3 is 5.11 Å². The molecule has 3 nitrogen and oxygen atoms in total. The zero-order valence-electron chi connectivity index (χ0n) is 14.4. The molecule has 0 bridgehead atoms. The number of aliphatic carboxylic acids is 1. The Labute approximate surface area is 160 Å². The summed E-state index contributed by atoms with van der Waals surface area (Å²) >= 11 is 6.33. The minimum absolute atomic E-state index is 0.131. The van der Waals surface area contributed by atoms with E-state index in [4.69, 9.17) is 11.6 Å². The van der Waals surface area contributed by atoms with Gasteiger partial charge in [0.25, 0.3) is 0 Å². The maximum Gasteiger partial charge on any atom is 0.416 e. The van der Waals surface area contributed by atoms with Gasteiger partial charge in [-0.1, -0.05) is 48.0 Å². The summed E-state index contributed by atoms with van der Waals surface area (Å²) in [5.41, 5.74) is 0.0202. The maximum atomic E-state index is 13.6. The lowest BCUT2D eigenvalue weighted by atomic mass is 9.89. The molecular weight excluding hydrogens is 379 g/mol. The summed E-state index contributed by atoms with van der Waals surface area (Å²) in [5, 5.41) is 9.59. The third-order valence-corrected chi connectivity index (χ3v) is 5.35. The van der Waals surface area contributed by atoms with E-state index in [-0.39, 0.29) is 5.56 Å². The summed E-state index contributed by atoms with van der Waals surface area (Å²) in [6.45, 7) is 0.776. The van der Waals surface area contributed by atoms with E-state index < -0.39 is 29.7 Å². The third kappa shape index (κ3) is 4.28. The Balaban J connectivity index is 2.06. The number of hydrogen-bond donors (Lipinski definition) is 1. The van der Waals surface area contributed by atoms with E-state index in [1.54, 1.807) is 30.3 Å². The third-order valence-electron chi connectivity index (χ3n) is 5.00. The molecular formula is C20H19ClF3NO2. The van der Waals surface area contributed by atoms with Gasteiger partial charge in [0.15, 0.2) is 0 Å². The number of carbonyl (C=O) groups is 1. The smallest absolute Gasteiger partial charge is 0.416 e. The predicted octanol–water partition coefficient (Wildman–Crippen LogP) is 5.24. The van der Waals surface area contributed by atoms with Crippen molar-refractivity contribution in [3.8, 4) is 0 Å². The second-order valence-corrected chi connectivity index (χ2v) is 7.06. The van der Waals surface area contributed by atoms with Gasteiger partial charge in [0.1, 0.15) is 0 Å². The highest BCUT2D eigenvalue weighted by Crippen LogP contribution is 2.41. The second-order valence-electron chi connectivity index (χ2n) is 6.66. The standard InChI is InChI=1S/C20H19ClF3NO2/c21-17-8-4-2-6-15(17)18(25-11-9-13(10-12-25)19(26)27)14-5-1-3-7-16(14)20(22,23)24/h1-8,13,18H,9-12H2,(H,26,27). The molecule has 1 atom stereocenters. The van der Waals surface area contributed by atoms with Crippen LogP contribution in [0.15, 0.2) is 48.5 Å². The van der Waals surface area contributed by atoms with Gasteiger partial charge in [-0.15, -0.1) is 0 Å². The molecule has 1 saturated heterocycles. The number of carboxylic acids is 1. The van der Waals surface area contributed by atoms with E-state index in [1.807, 2.05) is 4.90 Å². The topological polar surface area (TPSA) is 40.5 Å². The van der Waals surface area contributed by atoms with Gasteiger partial charge >= 0.3 is 12.1 Å². The number of likely N-dealkylation sites (tertiary alicyclic amines) is 1. The lowest BCUT2D eigenvalue weighted by Crippen LogP contribution is -2.39. The molecule has 0 spiro atoms. The molecule has 7 heteroatoms. The Morgan fingerprint density at radius 2 is 1.59 bits per heavy atom. The Morgan fingerprint density at radius 3 is 2.15 bits per heavy atom. The lowest BCUT2D eigenvalue weighted by Gasteiger charge is -2.38. The molecule has 0 radical (unpaired) electrons. The van der Waals surface area contributed by atoms with Crippen LogP contribution in [0.4, 0.5) is 13.2 Å². The van der Waals surface area contributed by atoms with E-state index in [0.717, 1.165) is 6.07 Å². The first kappa shape index (κ1) is 19.7. The maximum absolute atomic E-state index is 13.6. The number of hydrogen-bond acceptors (Lipinski definition) is 2. The van der Waals surface area contributed by atoms with Gasteiger partial charge in [-0.05, 0) is 49.2 Å². The summed E-state index contributed by atoms with van der Waals surface area (Å²) in [4.78, 5) is 13.1. The molecule has 2 aromatic rings. The molecule has 3 rings (SSSR count). The van der Waals surface area contributed by atoms with Crippen LogP contribution in [-0.2, 0) is 11.0 Å². The lowest BCUT2D eigenvalue weighted by molar-refractivity contribution is -0.143. The highest BCUT2D eigenvalue weighted by atomic mass is 35.5. The van der Waals surface area contributed by atoms with Crippen LogP contribution < -0.4 is 0 Å². The summed E-state index contributed by atoms with van der Waals surface area (Å²) in [7, 11) is 0. The molecule has 0 amide bonds. The molecule has 0 aliphatic carbocycles. The summed E-state index contributed by atoms with van der Waals surface area (Å²) in [6.07, 6.45) is -3.70. The Bertz CT molecular complexity index is 817.